The molecule has 0 aliphatic rings. The van der Waals surface area contributed by atoms with Gasteiger partial charge in [0.25, 0.3) is 5.89 Å². The third-order valence-corrected chi connectivity index (χ3v) is 4.17. The van der Waals surface area contributed by atoms with Gasteiger partial charge in [-0.25, -0.2) is 4.39 Å². The average molecular weight is 289 g/mol. The molecule has 0 atom stereocenters. The largest absolute Gasteiger partial charge is 0.390 e. The Labute approximate surface area is 119 Å². The summed E-state index contributed by atoms with van der Waals surface area (Å²) >= 11 is 1.49. The van der Waals surface area contributed by atoms with E-state index in [0.717, 1.165) is 16.0 Å². The SMILES string of the molecule is Cc1sc(N)c(-c2nc(-c3cccc(F)c3)no2)c1C. The first-order chi connectivity index (χ1) is 9.56. The molecule has 0 aliphatic heterocycles. The first kappa shape index (κ1) is 12.8. The quantitative estimate of drug-likeness (QED) is 0.779. The molecular formula is C14H12FN3OS. The lowest BCUT2D eigenvalue weighted by molar-refractivity contribution is 0.432. The molecule has 1 aromatic carbocycles. The minimum absolute atomic E-state index is 0.337. The number of aryl methyl sites for hydroxylation is 1. The van der Waals surface area contributed by atoms with Crippen LogP contribution in [0.4, 0.5) is 9.39 Å². The maximum atomic E-state index is 13.2. The lowest BCUT2D eigenvalue weighted by Gasteiger charge is -1.95. The predicted molar refractivity (Wildman–Crippen MR) is 76.9 cm³/mol. The monoisotopic (exact) mass is 289 g/mol. The highest BCUT2D eigenvalue weighted by molar-refractivity contribution is 7.16. The van der Waals surface area contributed by atoms with Crippen molar-refractivity contribution in [2.24, 2.45) is 0 Å². The van der Waals surface area contributed by atoms with Gasteiger partial charge >= 0.3 is 0 Å². The molecule has 2 heterocycles. The van der Waals surface area contributed by atoms with Crippen molar-refractivity contribution in [2.45, 2.75) is 13.8 Å². The van der Waals surface area contributed by atoms with Crippen LogP contribution in [-0.2, 0) is 0 Å². The van der Waals surface area contributed by atoms with Crippen LogP contribution >= 0.6 is 11.3 Å². The molecule has 0 radical (unpaired) electrons. The van der Waals surface area contributed by atoms with Crippen molar-refractivity contribution in [1.82, 2.24) is 10.1 Å². The number of nitrogen functional groups attached to an aromatic ring is 1. The summed E-state index contributed by atoms with van der Waals surface area (Å²) in [6.07, 6.45) is 0. The molecule has 0 saturated carbocycles. The second-order valence-corrected chi connectivity index (χ2v) is 5.71. The van der Waals surface area contributed by atoms with Crippen LogP contribution in [0.2, 0.25) is 0 Å². The number of hydrogen-bond acceptors (Lipinski definition) is 5. The second kappa shape index (κ2) is 4.72. The Bertz CT molecular complexity index is 779. The van der Waals surface area contributed by atoms with Gasteiger partial charge in [0.05, 0.1) is 10.6 Å². The molecule has 0 spiro atoms. The zero-order chi connectivity index (χ0) is 14.3. The number of nitrogens with zero attached hydrogens (tertiary/aromatic N) is 2. The van der Waals surface area contributed by atoms with Gasteiger partial charge in [-0.3, -0.25) is 0 Å². The van der Waals surface area contributed by atoms with Gasteiger partial charge in [-0.2, -0.15) is 4.98 Å². The molecule has 2 N–H and O–H groups in total. The van der Waals surface area contributed by atoms with E-state index >= 15 is 0 Å². The van der Waals surface area contributed by atoms with Crippen LogP contribution in [0.1, 0.15) is 10.4 Å². The minimum Gasteiger partial charge on any atom is -0.390 e. The van der Waals surface area contributed by atoms with Gasteiger partial charge in [0.1, 0.15) is 5.82 Å². The predicted octanol–water partition coefficient (Wildman–Crippen LogP) is 3.80. The van der Waals surface area contributed by atoms with Crippen LogP contribution in [-0.4, -0.2) is 10.1 Å². The number of nitrogens with two attached hydrogens (primary N) is 1. The van der Waals surface area contributed by atoms with Crippen molar-refractivity contribution in [3.05, 3.63) is 40.5 Å². The van der Waals surface area contributed by atoms with E-state index in [0.29, 0.717) is 22.3 Å². The van der Waals surface area contributed by atoms with E-state index < -0.39 is 0 Å². The fraction of sp³-hybridized carbons (Fsp3) is 0.143. The zero-order valence-electron chi connectivity index (χ0n) is 11.0. The van der Waals surface area contributed by atoms with Crippen LogP contribution in [0.15, 0.2) is 28.8 Å². The molecular weight excluding hydrogens is 277 g/mol. The fourth-order valence-electron chi connectivity index (χ4n) is 1.99. The summed E-state index contributed by atoms with van der Waals surface area (Å²) in [6, 6.07) is 6.07. The number of benzene rings is 1. The van der Waals surface area contributed by atoms with Crippen LogP contribution in [0.5, 0.6) is 0 Å². The Morgan fingerprint density at radius 2 is 2.10 bits per heavy atom. The van der Waals surface area contributed by atoms with Gasteiger partial charge in [0.2, 0.25) is 5.82 Å². The summed E-state index contributed by atoms with van der Waals surface area (Å²) in [5, 5.41) is 4.54. The highest BCUT2D eigenvalue weighted by Gasteiger charge is 2.19. The van der Waals surface area contributed by atoms with Crippen molar-refractivity contribution < 1.29 is 8.91 Å². The van der Waals surface area contributed by atoms with Crippen LogP contribution in [0.3, 0.4) is 0 Å². The van der Waals surface area contributed by atoms with Crippen LogP contribution in [0, 0.1) is 19.7 Å². The number of anilines is 1. The Hall–Kier alpha value is -2.21. The van der Waals surface area contributed by atoms with E-state index in [-0.39, 0.29) is 5.82 Å². The van der Waals surface area contributed by atoms with Crippen LogP contribution in [0.25, 0.3) is 22.8 Å². The lowest BCUT2D eigenvalue weighted by Crippen LogP contribution is -1.87. The van der Waals surface area contributed by atoms with E-state index in [1.807, 2.05) is 13.8 Å². The van der Waals surface area contributed by atoms with E-state index in [2.05, 4.69) is 10.1 Å². The molecule has 4 nitrogen and oxygen atoms in total. The van der Waals surface area contributed by atoms with Gasteiger partial charge in [-0.15, -0.1) is 11.3 Å². The molecule has 0 amide bonds. The molecule has 0 aliphatic carbocycles. The number of aromatic nitrogens is 2. The summed E-state index contributed by atoms with van der Waals surface area (Å²) in [5.41, 5.74) is 8.35. The number of halogens is 1. The molecule has 0 saturated heterocycles. The van der Waals surface area contributed by atoms with Gasteiger partial charge in [0.15, 0.2) is 0 Å². The third kappa shape index (κ3) is 2.08. The van der Waals surface area contributed by atoms with E-state index in [4.69, 9.17) is 10.3 Å². The van der Waals surface area contributed by atoms with Crippen molar-refractivity contribution in [1.29, 1.82) is 0 Å². The average Bonchev–Trinajstić information content (AvgIpc) is 2.96. The first-order valence-electron chi connectivity index (χ1n) is 6.01. The molecule has 2 aromatic heterocycles. The second-order valence-electron chi connectivity index (χ2n) is 4.46. The molecule has 0 fully saturated rings. The Kier molecular flexibility index (Phi) is 3.02. The maximum absolute atomic E-state index is 13.2. The van der Waals surface area contributed by atoms with Crippen molar-refractivity contribution >= 4 is 16.3 Å². The zero-order valence-corrected chi connectivity index (χ0v) is 11.8. The maximum Gasteiger partial charge on any atom is 0.261 e. The van der Waals surface area contributed by atoms with Crippen molar-refractivity contribution in [3.63, 3.8) is 0 Å². The summed E-state index contributed by atoms with van der Waals surface area (Å²) in [4.78, 5) is 5.42. The Morgan fingerprint density at radius 1 is 1.30 bits per heavy atom. The van der Waals surface area contributed by atoms with E-state index in [1.165, 1.54) is 23.5 Å². The topological polar surface area (TPSA) is 64.9 Å². The number of thiophene rings is 1. The van der Waals surface area contributed by atoms with E-state index in [9.17, 15) is 4.39 Å². The Balaban J connectivity index is 2.06. The van der Waals surface area contributed by atoms with Crippen molar-refractivity contribution in [2.75, 3.05) is 5.73 Å². The summed E-state index contributed by atoms with van der Waals surface area (Å²) in [7, 11) is 0. The molecule has 0 unspecified atom stereocenters. The van der Waals surface area contributed by atoms with Gasteiger partial charge in [-0.05, 0) is 31.5 Å². The lowest BCUT2D eigenvalue weighted by atomic mass is 10.1. The van der Waals surface area contributed by atoms with Gasteiger partial charge in [0, 0.05) is 10.4 Å². The molecule has 3 rings (SSSR count). The molecule has 102 valence electrons. The number of hydrogen-bond donors (Lipinski definition) is 1. The summed E-state index contributed by atoms with van der Waals surface area (Å²) in [6.45, 7) is 3.95. The standard InChI is InChI=1S/C14H12FN3OS/c1-7-8(2)20-12(16)11(7)14-17-13(18-19-14)9-4-3-5-10(15)6-9/h3-6H,16H2,1-2H3. The molecule has 20 heavy (non-hydrogen) atoms. The van der Waals surface area contributed by atoms with Gasteiger partial charge < -0.3 is 10.3 Å². The van der Waals surface area contributed by atoms with Crippen LogP contribution < -0.4 is 5.73 Å². The summed E-state index contributed by atoms with van der Waals surface area (Å²) < 4.78 is 18.5. The van der Waals surface area contributed by atoms with Crippen molar-refractivity contribution in [3.8, 4) is 22.8 Å². The van der Waals surface area contributed by atoms with Gasteiger partial charge in [-0.1, -0.05) is 17.3 Å². The van der Waals surface area contributed by atoms with E-state index in [1.54, 1.807) is 12.1 Å². The minimum atomic E-state index is -0.337. The molecule has 6 heteroatoms. The number of rotatable bonds is 2. The normalized spacial score (nSPS) is 10.9. The summed E-state index contributed by atoms with van der Waals surface area (Å²) in [5.74, 6) is 0.377. The molecule has 3 aromatic rings. The molecule has 0 bridgehead atoms. The fourth-order valence-corrected chi connectivity index (χ4v) is 2.92. The first-order valence-corrected chi connectivity index (χ1v) is 6.83. The smallest absolute Gasteiger partial charge is 0.261 e. The highest BCUT2D eigenvalue weighted by atomic mass is 32.1. The third-order valence-electron chi connectivity index (χ3n) is 3.14. The Morgan fingerprint density at radius 3 is 2.75 bits per heavy atom. The highest BCUT2D eigenvalue weighted by Crippen LogP contribution is 2.37.